The third-order valence-corrected chi connectivity index (χ3v) is 4.22. The molecule has 0 aromatic heterocycles. The lowest BCUT2D eigenvalue weighted by Crippen LogP contribution is -2.35. The van der Waals surface area contributed by atoms with Gasteiger partial charge < -0.3 is 15.7 Å². The van der Waals surface area contributed by atoms with E-state index >= 15 is 0 Å². The van der Waals surface area contributed by atoms with Gasteiger partial charge in [-0.2, -0.15) is 0 Å². The normalized spacial score (nSPS) is 17.7. The summed E-state index contributed by atoms with van der Waals surface area (Å²) in [5.74, 6) is 0. The van der Waals surface area contributed by atoms with Crippen molar-refractivity contribution in [2.45, 2.75) is 44.7 Å². The highest BCUT2D eigenvalue weighted by Gasteiger charge is 2.24. The SMILES string of the molecule is CC(N)c1ccc(N(CCO)C2CCCC2)c(Cl)c1. The summed E-state index contributed by atoms with van der Waals surface area (Å²) in [5.41, 5.74) is 7.94. The molecule has 0 heterocycles. The highest BCUT2D eigenvalue weighted by atomic mass is 35.5. The molecule has 4 heteroatoms. The van der Waals surface area contributed by atoms with Crippen molar-refractivity contribution in [1.82, 2.24) is 0 Å². The summed E-state index contributed by atoms with van der Waals surface area (Å²) in [7, 11) is 0. The molecule has 1 aliphatic carbocycles. The van der Waals surface area contributed by atoms with Gasteiger partial charge in [-0.15, -0.1) is 0 Å². The molecular weight excluding hydrogens is 260 g/mol. The number of anilines is 1. The number of benzene rings is 1. The molecule has 0 bridgehead atoms. The second-order valence-corrected chi connectivity index (χ2v) is 5.76. The van der Waals surface area contributed by atoms with Crippen LogP contribution >= 0.6 is 11.6 Å². The topological polar surface area (TPSA) is 49.5 Å². The molecule has 2 rings (SSSR count). The Hall–Kier alpha value is -0.770. The quantitative estimate of drug-likeness (QED) is 0.872. The van der Waals surface area contributed by atoms with Crippen molar-refractivity contribution in [1.29, 1.82) is 0 Å². The molecule has 1 saturated carbocycles. The van der Waals surface area contributed by atoms with Crippen LogP contribution < -0.4 is 10.6 Å². The zero-order valence-corrected chi connectivity index (χ0v) is 12.2. The first-order chi connectivity index (χ1) is 9.13. The minimum absolute atomic E-state index is 0.00989. The molecule has 106 valence electrons. The van der Waals surface area contributed by atoms with Crippen molar-refractivity contribution in [2.75, 3.05) is 18.1 Å². The maximum Gasteiger partial charge on any atom is 0.0643 e. The number of hydrogen-bond acceptors (Lipinski definition) is 3. The Labute approximate surface area is 120 Å². The van der Waals surface area contributed by atoms with E-state index < -0.39 is 0 Å². The highest BCUT2D eigenvalue weighted by molar-refractivity contribution is 6.33. The molecule has 1 atom stereocenters. The van der Waals surface area contributed by atoms with E-state index in [9.17, 15) is 5.11 Å². The van der Waals surface area contributed by atoms with Gasteiger partial charge in [0, 0.05) is 18.6 Å². The Kier molecular flexibility index (Phi) is 5.08. The monoisotopic (exact) mass is 282 g/mol. The first-order valence-electron chi connectivity index (χ1n) is 7.06. The zero-order valence-electron chi connectivity index (χ0n) is 11.5. The molecule has 0 saturated heterocycles. The Morgan fingerprint density at radius 3 is 2.63 bits per heavy atom. The van der Waals surface area contributed by atoms with Gasteiger partial charge in [0.25, 0.3) is 0 Å². The molecule has 19 heavy (non-hydrogen) atoms. The molecule has 0 amide bonds. The molecule has 1 aromatic rings. The summed E-state index contributed by atoms with van der Waals surface area (Å²) in [5, 5.41) is 10.0. The average molecular weight is 283 g/mol. The fourth-order valence-electron chi connectivity index (χ4n) is 2.86. The third kappa shape index (κ3) is 3.41. The van der Waals surface area contributed by atoms with E-state index in [1.807, 2.05) is 25.1 Å². The van der Waals surface area contributed by atoms with Crippen molar-refractivity contribution in [3.8, 4) is 0 Å². The van der Waals surface area contributed by atoms with Crippen LogP contribution in [0.2, 0.25) is 5.02 Å². The lowest BCUT2D eigenvalue weighted by Gasteiger charge is -2.31. The first-order valence-corrected chi connectivity index (χ1v) is 7.44. The molecular formula is C15H23ClN2O. The van der Waals surface area contributed by atoms with Gasteiger partial charge in [0.15, 0.2) is 0 Å². The van der Waals surface area contributed by atoms with Crippen LogP contribution in [0.1, 0.15) is 44.2 Å². The lowest BCUT2D eigenvalue weighted by molar-refractivity contribution is 0.297. The fourth-order valence-corrected chi connectivity index (χ4v) is 3.16. The summed E-state index contributed by atoms with van der Waals surface area (Å²) in [6, 6.07) is 6.51. The van der Waals surface area contributed by atoms with E-state index in [2.05, 4.69) is 4.90 Å². The van der Waals surface area contributed by atoms with Gasteiger partial charge in [-0.25, -0.2) is 0 Å². The minimum Gasteiger partial charge on any atom is -0.395 e. The van der Waals surface area contributed by atoms with E-state index in [1.54, 1.807) is 0 Å². The molecule has 1 aliphatic rings. The number of nitrogens with zero attached hydrogens (tertiary/aromatic N) is 1. The van der Waals surface area contributed by atoms with E-state index in [0.29, 0.717) is 12.6 Å². The second kappa shape index (κ2) is 6.60. The number of nitrogens with two attached hydrogens (primary N) is 1. The van der Waals surface area contributed by atoms with E-state index in [1.165, 1.54) is 25.7 Å². The van der Waals surface area contributed by atoms with Crippen LogP contribution in [0.25, 0.3) is 0 Å². The van der Waals surface area contributed by atoms with Gasteiger partial charge in [-0.3, -0.25) is 0 Å². The number of halogens is 1. The number of rotatable bonds is 5. The van der Waals surface area contributed by atoms with Crippen molar-refractivity contribution in [3.05, 3.63) is 28.8 Å². The number of hydrogen-bond donors (Lipinski definition) is 2. The first kappa shape index (κ1) is 14.6. The summed E-state index contributed by atoms with van der Waals surface area (Å²) >= 11 is 6.40. The second-order valence-electron chi connectivity index (χ2n) is 5.35. The molecule has 1 fully saturated rings. The summed E-state index contributed by atoms with van der Waals surface area (Å²) in [4.78, 5) is 2.25. The van der Waals surface area contributed by atoms with Crippen LogP contribution in [-0.2, 0) is 0 Å². The van der Waals surface area contributed by atoms with Crippen LogP contribution in [0, 0.1) is 0 Å². The molecule has 0 radical (unpaired) electrons. The van der Waals surface area contributed by atoms with Gasteiger partial charge in [0.1, 0.15) is 0 Å². The highest BCUT2D eigenvalue weighted by Crippen LogP contribution is 2.34. The van der Waals surface area contributed by atoms with Crippen molar-refractivity contribution in [3.63, 3.8) is 0 Å². The predicted octanol–water partition coefficient (Wildman–Crippen LogP) is 3.10. The molecule has 1 unspecified atom stereocenters. The zero-order chi connectivity index (χ0) is 13.8. The van der Waals surface area contributed by atoms with Gasteiger partial charge in [0.05, 0.1) is 17.3 Å². The fraction of sp³-hybridized carbons (Fsp3) is 0.600. The van der Waals surface area contributed by atoms with Gasteiger partial charge in [0.2, 0.25) is 0 Å². The Morgan fingerprint density at radius 1 is 1.42 bits per heavy atom. The Bertz CT molecular complexity index is 417. The summed E-state index contributed by atoms with van der Waals surface area (Å²) in [6.07, 6.45) is 4.90. The van der Waals surface area contributed by atoms with Crippen molar-refractivity contribution >= 4 is 17.3 Å². The Balaban J connectivity index is 2.25. The third-order valence-electron chi connectivity index (χ3n) is 3.91. The van der Waals surface area contributed by atoms with Crippen LogP contribution in [0.15, 0.2) is 18.2 Å². The molecule has 1 aromatic carbocycles. The lowest BCUT2D eigenvalue weighted by atomic mass is 10.1. The summed E-state index contributed by atoms with van der Waals surface area (Å²) < 4.78 is 0. The van der Waals surface area contributed by atoms with Crippen LogP contribution in [0.3, 0.4) is 0 Å². The van der Waals surface area contributed by atoms with E-state index in [-0.39, 0.29) is 12.6 Å². The molecule has 3 N–H and O–H groups in total. The standard InChI is InChI=1S/C15H23ClN2O/c1-11(17)12-6-7-15(14(16)10-12)18(8-9-19)13-4-2-3-5-13/h6-7,10-11,13,19H,2-5,8-9,17H2,1H3. The average Bonchev–Trinajstić information content (AvgIpc) is 2.90. The minimum atomic E-state index is -0.00989. The van der Waals surface area contributed by atoms with Gasteiger partial charge in [-0.1, -0.05) is 30.5 Å². The largest absolute Gasteiger partial charge is 0.395 e. The predicted molar refractivity (Wildman–Crippen MR) is 80.7 cm³/mol. The van der Waals surface area contributed by atoms with Crippen LogP contribution in [0.5, 0.6) is 0 Å². The van der Waals surface area contributed by atoms with Crippen LogP contribution in [0.4, 0.5) is 5.69 Å². The van der Waals surface area contributed by atoms with Crippen molar-refractivity contribution in [2.24, 2.45) is 5.73 Å². The number of aliphatic hydroxyl groups excluding tert-OH is 1. The maximum atomic E-state index is 9.29. The van der Waals surface area contributed by atoms with E-state index in [4.69, 9.17) is 17.3 Å². The summed E-state index contributed by atoms with van der Waals surface area (Å²) in [6.45, 7) is 2.75. The molecule has 3 nitrogen and oxygen atoms in total. The van der Waals surface area contributed by atoms with Crippen LogP contribution in [-0.4, -0.2) is 24.3 Å². The van der Waals surface area contributed by atoms with Gasteiger partial charge >= 0.3 is 0 Å². The maximum absolute atomic E-state index is 9.29. The van der Waals surface area contributed by atoms with E-state index in [0.717, 1.165) is 16.3 Å². The molecule has 0 spiro atoms. The Morgan fingerprint density at radius 2 is 2.11 bits per heavy atom. The number of aliphatic hydroxyl groups is 1. The van der Waals surface area contributed by atoms with Crippen molar-refractivity contribution < 1.29 is 5.11 Å². The van der Waals surface area contributed by atoms with Gasteiger partial charge in [-0.05, 0) is 37.5 Å². The molecule has 0 aliphatic heterocycles. The smallest absolute Gasteiger partial charge is 0.0643 e.